The molecular formula is C28H21N3O5. The third kappa shape index (κ3) is 2.97. The molecule has 0 bridgehead atoms. The van der Waals surface area contributed by atoms with Gasteiger partial charge in [0.05, 0.1) is 17.2 Å². The van der Waals surface area contributed by atoms with Gasteiger partial charge in [-0.1, -0.05) is 36.4 Å². The number of carbonyl (C=O) groups excluding carboxylic acids is 3. The van der Waals surface area contributed by atoms with E-state index in [9.17, 15) is 14.4 Å². The number of amides is 3. The van der Waals surface area contributed by atoms with Crippen molar-refractivity contribution in [3.05, 3.63) is 94.7 Å². The van der Waals surface area contributed by atoms with Crippen molar-refractivity contribution in [3.63, 3.8) is 0 Å². The molecule has 0 spiro atoms. The largest absolute Gasteiger partial charge is 0.454 e. The molecule has 7 rings (SSSR count). The van der Waals surface area contributed by atoms with Crippen molar-refractivity contribution in [2.24, 2.45) is 0 Å². The first kappa shape index (κ1) is 20.8. The lowest BCUT2D eigenvalue weighted by Gasteiger charge is -2.37. The van der Waals surface area contributed by atoms with Gasteiger partial charge in [-0.2, -0.15) is 0 Å². The van der Waals surface area contributed by atoms with E-state index in [1.165, 1.54) is 0 Å². The van der Waals surface area contributed by atoms with Crippen LogP contribution in [0.5, 0.6) is 11.5 Å². The van der Waals surface area contributed by atoms with Gasteiger partial charge in [-0.15, -0.1) is 0 Å². The van der Waals surface area contributed by atoms with Crippen LogP contribution in [0.2, 0.25) is 0 Å². The molecule has 3 aromatic carbocycles. The van der Waals surface area contributed by atoms with E-state index in [1.807, 2.05) is 36.4 Å². The summed E-state index contributed by atoms with van der Waals surface area (Å²) in [4.78, 5) is 45.9. The van der Waals surface area contributed by atoms with Gasteiger partial charge >= 0.3 is 0 Å². The highest BCUT2D eigenvalue weighted by Crippen LogP contribution is 2.42. The van der Waals surface area contributed by atoms with Crippen LogP contribution in [0.25, 0.3) is 10.9 Å². The van der Waals surface area contributed by atoms with Crippen LogP contribution in [0.3, 0.4) is 0 Å². The molecule has 3 aliphatic heterocycles. The molecule has 1 N–H and O–H groups in total. The monoisotopic (exact) mass is 479 g/mol. The number of para-hydroxylation sites is 1. The Morgan fingerprint density at radius 1 is 0.917 bits per heavy atom. The Kier molecular flexibility index (Phi) is 4.44. The van der Waals surface area contributed by atoms with E-state index in [-0.39, 0.29) is 19.2 Å². The van der Waals surface area contributed by atoms with Crippen LogP contribution in [0.4, 0.5) is 0 Å². The van der Waals surface area contributed by atoms with E-state index in [0.717, 1.165) is 32.6 Å². The van der Waals surface area contributed by atoms with Gasteiger partial charge in [-0.05, 0) is 47.9 Å². The molecule has 8 heteroatoms. The van der Waals surface area contributed by atoms with Crippen LogP contribution < -0.4 is 9.47 Å². The number of H-pyrrole nitrogens is 1. The lowest BCUT2D eigenvalue weighted by atomic mass is 9.92. The number of benzene rings is 3. The molecule has 0 radical (unpaired) electrons. The Labute approximate surface area is 206 Å². The molecule has 3 amide bonds. The van der Waals surface area contributed by atoms with Crippen LogP contribution >= 0.6 is 0 Å². The number of hydrogen-bond donors (Lipinski definition) is 1. The average Bonchev–Trinajstić information content (AvgIpc) is 3.59. The molecule has 3 aliphatic rings. The fourth-order valence-corrected chi connectivity index (χ4v) is 5.55. The molecule has 0 saturated carbocycles. The standard InChI is InChI=1S/C28H21N3O5/c32-24(14-31-27(33)19-6-1-2-7-20(19)28(31)34)30-12-11-18-17-5-3-4-8-21(17)29-25(18)26(30)16-9-10-22-23(13-16)36-15-35-22/h1-10,13,26,29H,11-12,14-15H2. The summed E-state index contributed by atoms with van der Waals surface area (Å²) in [5.74, 6) is 0.120. The maximum Gasteiger partial charge on any atom is 0.262 e. The van der Waals surface area contributed by atoms with Gasteiger partial charge in [0.15, 0.2) is 11.5 Å². The Morgan fingerprint density at radius 3 is 2.44 bits per heavy atom. The topological polar surface area (TPSA) is 91.9 Å². The van der Waals surface area contributed by atoms with Gasteiger partial charge in [0.1, 0.15) is 6.54 Å². The van der Waals surface area contributed by atoms with Crippen molar-refractivity contribution >= 4 is 28.6 Å². The van der Waals surface area contributed by atoms with Crippen LogP contribution in [0, 0.1) is 0 Å². The van der Waals surface area contributed by atoms with E-state index in [2.05, 4.69) is 11.1 Å². The van der Waals surface area contributed by atoms with Crippen molar-refractivity contribution in [2.45, 2.75) is 12.5 Å². The number of nitrogens with one attached hydrogen (secondary N) is 1. The molecule has 0 fully saturated rings. The van der Waals surface area contributed by atoms with E-state index in [4.69, 9.17) is 9.47 Å². The highest BCUT2D eigenvalue weighted by molar-refractivity contribution is 6.22. The van der Waals surface area contributed by atoms with Gasteiger partial charge in [-0.25, -0.2) is 0 Å². The Morgan fingerprint density at radius 2 is 1.64 bits per heavy atom. The molecule has 8 nitrogen and oxygen atoms in total. The number of imide groups is 1. The number of aromatic amines is 1. The summed E-state index contributed by atoms with van der Waals surface area (Å²) < 4.78 is 11.1. The van der Waals surface area contributed by atoms with Crippen molar-refractivity contribution < 1.29 is 23.9 Å². The lowest BCUT2D eigenvalue weighted by Crippen LogP contribution is -2.47. The minimum Gasteiger partial charge on any atom is -0.454 e. The fraction of sp³-hybridized carbons (Fsp3) is 0.179. The summed E-state index contributed by atoms with van der Waals surface area (Å²) in [5.41, 5.74) is 4.62. The van der Waals surface area contributed by atoms with Crippen LogP contribution in [-0.2, 0) is 11.2 Å². The first-order chi connectivity index (χ1) is 17.6. The lowest BCUT2D eigenvalue weighted by molar-refractivity contribution is -0.133. The predicted octanol–water partition coefficient (Wildman–Crippen LogP) is 3.67. The fourth-order valence-electron chi connectivity index (χ4n) is 5.55. The Hall–Kier alpha value is -4.59. The van der Waals surface area contributed by atoms with E-state index in [1.54, 1.807) is 29.2 Å². The Balaban J connectivity index is 1.28. The minimum atomic E-state index is -0.438. The summed E-state index contributed by atoms with van der Waals surface area (Å²) in [6, 6.07) is 20.0. The van der Waals surface area contributed by atoms with Crippen molar-refractivity contribution in [3.8, 4) is 11.5 Å². The molecular weight excluding hydrogens is 458 g/mol. The highest BCUT2D eigenvalue weighted by Gasteiger charge is 2.40. The third-order valence-electron chi connectivity index (χ3n) is 7.24. The normalized spacial score (nSPS) is 18.1. The zero-order valence-corrected chi connectivity index (χ0v) is 19.2. The number of carbonyl (C=O) groups is 3. The third-order valence-corrected chi connectivity index (χ3v) is 7.24. The number of fused-ring (bicyclic) bond motifs is 5. The van der Waals surface area contributed by atoms with Crippen molar-refractivity contribution in [2.75, 3.05) is 19.9 Å². The number of aromatic nitrogens is 1. The molecule has 1 unspecified atom stereocenters. The van der Waals surface area contributed by atoms with E-state index in [0.29, 0.717) is 35.6 Å². The summed E-state index contributed by atoms with van der Waals surface area (Å²) >= 11 is 0. The first-order valence-corrected chi connectivity index (χ1v) is 11.8. The average molecular weight is 479 g/mol. The van der Waals surface area contributed by atoms with Gasteiger partial charge < -0.3 is 19.4 Å². The van der Waals surface area contributed by atoms with E-state index < -0.39 is 17.9 Å². The van der Waals surface area contributed by atoms with Gasteiger partial charge in [-0.3, -0.25) is 19.3 Å². The highest BCUT2D eigenvalue weighted by atomic mass is 16.7. The summed E-state index contributed by atoms with van der Waals surface area (Å²) in [6.07, 6.45) is 0.661. The number of nitrogens with zero attached hydrogens (tertiary/aromatic N) is 2. The van der Waals surface area contributed by atoms with Gasteiger partial charge in [0.2, 0.25) is 12.7 Å². The smallest absolute Gasteiger partial charge is 0.262 e. The summed E-state index contributed by atoms with van der Waals surface area (Å²) in [5, 5.41) is 1.13. The second kappa shape index (κ2) is 7.71. The number of ether oxygens (including phenoxy) is 2. The van der Waals surface area contributed by atoms with Gasteiger partial charge in [0, 0.05) is 23.1 Å². The van der Waals surface area contributed by atoms with Crippen LogP contribution in [0.15, 0.2) is 66.7 Å². The first-order valence-electron chi connectivity index (χ1n) is 11.8. The second-order valence-electron chi connectivity index (χ2n) is 9.16. The SMILES string of the molecule is O=C1c2ccccc2C(=O)N1CC(=O)N1CCc2c([nH]c3ccccc23)C1c1ccc2c(c1)OCO2. The number of rotatable bonds is 3. The summed E-state index contributed by atoms with van der Waals surface area (Å²) in [7, 11) is 0. The predicted molar refractivity (Wildman–Crippen MR) is 130 cm³/mol. The molecule has 0 saturated heterocycles. The number of hydrogen-bond acceptors (Lipinski definition) is 5. The molecule has 1 aromatic heterocycles. The second-order valence-corrected chi connectivity index (χ2v) is 9.16. The van der Waals surface area contributed by atoms with Crippen LogP contribution in [-0.4, -0.2) is 52.4 Å². The molecule has 1 atom stereocenters. The summed E-state index contributed by atoms with van der Waals surface area (Å²) in [6.45, 7) is 0.294. The maximum atomic E-state index is 13.7. The molecule has 0 aliphatic carbocycles. The zero-order valence-electron chi connectivity index (χ0n) is 19.2. The van der Waals surface area contributed by atoms with Crippen molar-refractivity contribution in [1.29, 1.82) is 0 Å². The molecule has 36 heavy (non-hydrogen) atoms. The Bertz CT molecular complexity index is 1550. The zero-order chi connectivity index (χ0) is 24.4. The molecule has 4 aromatic rings. The van der Waals surface area contributed by atoms with Crippen molar-refractivity contribution in [1.82, 2.24) is 14.8 Å². The molecule has 4 heterocycles. The molecule has 178 valence electrons. The van der Waals surface area contributed by atoms with Crippen LogP contribution in [0.1, 0.15) is 43.6 Å². The maximum absolute atomic E-state index is 13.7. The van der Waals surface area contributed by atoms with Gasteiger partial charge in [0.25, 0.3) is 11.8 Å². The van der Waals surface area contributed by atoms with E-state index >= 15 is 0 Å². The minimum absolute atomic E-state index is 0.156. The quantitative estimate of drug-likeness (QED) is 0.453.